The van der Waals surface area contributed by atoms with E-state index < -0.39 is 0 Å². The van der Waals surface area contributed by atoms with Crippen molar-refractivity contribution < 1.29 is 9.53 Å². The highest BCUT2D eigenvalue weighted by Crippen LogP contribution is 2.19. The molecule has 0 spiro atoms. The minimum atomic E-state index is -0.0525. The fourth-order valence-electron chi connectivity index (χ4n) is 2.84. The third-order valence-electron chi connectivity index (χ3n) is 4.11. The molecule has 1 saturated heterocycles. The maximum absolute atomic E-state index is 11.9. The van der Waals surface area contributed by atoms with Gasteiger partial charge < -0.3 is 15.0 Å². The van der Waals surface area contributed by atoms with E-state index in [2.05, 4.69) is 41.4 Å². The first-order chi connectivity index (χ1) is 12.2. The second kappa shape index (κ2) is 13.2. The van der Waals surface area contributed by atoms with Crippen LogP contribution in [-0.4, -0.2) is 55.4 Å². The average Bonchev–Trinajstić information content (AvgIpc) is 2.65. The monoisotopic (exact) mass is 491 g/mol. The molecule has 1 fully saturated rings. The first-order valence-electron chi connectivity index (χ1n) is 9.12. The molecule has 26 heavy (non-hydrogen) atoms. The lowest BCUT2D eigenvalue weighted by atomic mass is 9.97. The van der Waals surface area contributed by atoms with Crippen LogP contribution in [0.3, 0.4) is 0 Å². The van der Waals surface area contributed by atoms with E-state index in [1.165, 1.54) is 4.90 Å². The third-order valence-corrected chi connectivity index (χ3v) is 5.11. The summed E-state index contributed by atoms with van der Waals surface area (Å²) in [7, 11) is 0. The highest BCUT2D eigenvalue weighted by atomic mass is 127. The zero-order chi connectivity index (χ0) is 17.9. The van der Waals surface area contributed by atoms with Gasteiger partial charge in [-0.25, -0.2) is 0 Å². The Morgan fingerprint density at radius 3 is 2.58 bits per heavy atom. The van der Waals surface area contributed by atoms with Gasteiger partial charge in [-0.05, 0) is 38.8 Å². The van der Waals surface area contributed by atoms with Crippen molar-refractivity contribution in [1.29, 1.82) is 0 Å². The van der Waals surface area contributed by atoms with Crippen molar-refractivity contribution in [1.82, 2.24) is 10.2 Å². The quantitative estimate of drug-likeness (QED) is 0.158. The average molecular weight is 491 g/mol. The maximum Gasteiger partial charge on any atom is 0.309 e. The molecule has 1 heterocycles. The Labute approximate surface area is 178 Å². The van der Waals surface area contributed by atoms with Crippen LogP contribution in [-0.2, 0) is 9.53 Å². The minimum absolute atomic E-state index is 0. The highest BCUT2D eigenvalue weighted by Gasteiger charge is 2.27. The Bertz CT molecular complexity index is 549. The molecular formula is C19H30IN3O2S. The SMILES string of the molecule is CCNC(=NCCSc1ccccc1)N1CCC(C(=O)OCC)CC1.I. The number of carbonyl (C=O) groups is 1. The number of esters is 1. The van der Waals surface area contributed by atoms with Gasteiger partial charge in [0.1, 0.15) is 0 Å². The number of benzene rings is 1. The summed E-state index contributed by atoms with van der Waals surface area (Å²) < 4.78 is 5.14. The smallest absolute Gasteiger partial charge is 0.309 e. The molecule has 1 aliphatic heterocycles. The van der Waals surface area contributed by atoms with Gasteiger partial charge in [-0.1, -0.05) is 18.2 Å². The van der Waals surface area contributed by atoms with Crippen molar-refractivity contribution in [3.8, 4) is 0 Å². The normalized spacial score (nSPS) is 15.3. The predicted molar refractivity (Wildman–Crippen MR) is 119 cm³/mol. The number of thioether (sulfide) groups is 1. The van der Waals surface area contributed by atoms with Crippen LogP contribution in [0.1, 0.15) is 26.7 Å². The minimum Gasteiger partial charge on any atom is -0.466 e. The molecule has 0 amide bonds. The number of rotatable bonds is 7. The Kier molecular flexibility index (Phi) is 11.8. The zero-order valence-electron chi connectivity index (χ0n) is 15.6. The summed E-state index contributed by atoms with van der Waals surface area (Å²) in [5.41, 5.74) is 0. The van der Waals surface area contributed by atoms with Crippen LogP contribution in [0.5, 0.6) is 0 Å². The summed E-state index contributed by atoms with van der Waals surface area (Å²) in [5.74, 6) is 1.90. The molecule has 1 aromatic rings. The highest BCUT2D eigenvalue weighted by molar-refractivity contribution is 14.0. The first kappa shape index (κ1) is 23.1. The van der Waals surface area contributed by atoms with E-state index in [4.69, 9.17) is 9.73 Å². The maximum atomic E-state index is 11.9. The van der Waals surface area contributed by atoms with E-state index in [1.54, 1.807) is 0 Å². The molecule has 0 unspecified atom stereocenters. The lowest BCUT2D eigenvalue weighted by Gasteiger charge is -2.33. The van der Waals surface area contributed by atoms with Gasteiger partial charge in [0.15, 0.2) is 5.96 Å². The lowest BCUT2D eigenvalue weighted by Crippen LogP contribution is -2.46. The van der Waals surface area contributed by atoms with E-state index in [-0.39, 0.29) is 35.9 Å². The van der Waals surface area contributed by atoms with Crippen molar-refractivity contribution >= 4 is 47.7 Å². The number of likely N-dealkylation sites (tertiary alicyclic amines) is 1. The molecule has 1 aromatic carbocycles. The van der Waals surface area contributed by atoms with Gasteiger partial charge >= 0.3 is 5.97 Å². The lowest BCUT2D eigenvalue weighted by molar-refractivity contribution is -0.149. The van der Waals surface area contributed by atoms with Crippen molar-refractivity contribution in [2.24, 2.45) is 10.9 Å². The van der Waals surface area contributed by atoms with Crippen LogP contribution in [0, 0.1) is 5.92 Å². The predicted octanol–water partition coefficient (Wildman–Crippen LogP) is 3.64. The Morgan fingerprint density at radius 2 is 1.96 bits per heavy atom. The molecule has 7 heteroatoms. The number of guanidine groups is 1. The van der Waals surface area contributed by atoms with Crippen LogP contribution < -0.4 is 5.32 Å². The number of aliphatic imine (C=N–C) groups is 1. The molecule has 0 radical (unpaired) electrons. The van der Waals surface area contributed by atoms with Gasteiger partial charge in [-0.2, -0.15) is 0 Å². The van der Waals surface area contributed by atoms with E-state index in [9.17, 15) is 4.79 Å². The van der Waals surface area contributed by atoms with Crippen molar-refractivity contribution in [2.75, 3.05) is 38.5 Å². The van der Waals surface area contributed by atoms with Crippen LogP contribution in [0.4, 0.5) is 0 Å². The topological polar surface area (TPSA) is 53.9 Å². The van der Waals surface area contributed by atoms with Crippen molar-refractivity contribution in [3.05, 3.63) is 30.3 Å². The fourth-order valence-corrected chi connectivity index (χ4v) is 3.61. The van der Waals surface area contributed by atoms with Gasteiger partial charge in [0.2, 0.25) is 0 Å². The molecule has 0 saturated carbocycles. The summed E-state index contributed by atoms with van der Waals surface area (Å²) in [6, 6.07) is 10.4. The summed E-state index contributed by atoms with van der Waals surface area (Å²) in [6.07, 6.45) is 1.67. The van der Waals surface area contributed by atoms with Gasteiger partial charge in [0.25, 0.3) is 0 Å². The number of ether oxygens (including phenoxy) is 1. The summed E-state index contributed by atoms with van der Waals surface area (Å²) in [5, 5.41) is 3.37. The van der Waals surface area contributed by atoms with Gasteiger partial charge in [0, 0.05) is 30.3 Å². The van der Waals surface area contributed by atoms with E-state index in [1.807, 2.05) is 24.8 Å². The summed E-state index contributed by atoms with van der Waals surface area (Å²) in [6.45, 7) is 7.72. The van der Waals surface area contributed by atoms with Crippen LogP contribution >= 0.6 is 35.7 Å². The number of hydrogen-bond acceptors (Lipinski definition) is 4. The number of nitrogens with zero attached hydrogens (tertiary/aromatic N) is 2. The molecule has 0 atom stereocenters. The number of halogens is 1. The number of piperidine rings is 1. The molecule has 0 aliphatic carbocycles. The number of hydrogen-bond donors (Lipinski definition) is 1. The summed E-state index contributed by atoms with van der Waals surface area (Å²) in [4.78, 5) is 20.1. The van der Waals surface area contributed by atoms with Gasteiger partial charge in [-0.3, -0.25) is 9.79 Å². The molecule has 0 aromatic heterocycles. The largest absolute Gasteiger partial charge is 0.466 e. The van der Waals surface area contributed by atoms with Crippen molar-refractivity contribution in [3.63, 3.8) is 0 Å². The molecule has 1 N–H and O–H groups in total. The third kappa shape index (κ3) is 7.73. The number of carbonyl (C=O) groups excluding carboxylic acids is 1. The Hall–Kier alpha value is -0.960. The Balaban J connectivity index is 0.00000338. The molecule has 0 bridgehead atoms. The molecule has 1 aliphatic rings. The zero-order valence-corrected chi connectivity index (χ0v) is 18.8. The van der Waals surface area contributed by atoms with Crippen LogP contribution in [0.2, 0.25) is 0 Å². The second-order valence-electron chi connectivity index (χ2n) is 5.91. The van der Waals surface area contributed by atoms with Gasteiger partial charge in [-0.15, -0.1) is 35.7 Å². The number of nitrogens with one attached hydrogen (secondary N) is 1. The van der Waals surface area contributed by atoms with E-state index >= 15 is 0 Å². The standard InChI is InChI=1S/C19H29N3O2S.HI/c1-3-20-19(21-12-15-25-17-8-6-5-7-9-17)22-13-10-16(11-14-22)18(23)24-4-2;/h5-9,16H,3-4,10-15H2,1-2H3,(H,20,21);1H. The van der Waals surface area contributed by atoms with Crippen LogP contribution in [0.15, 0.2) is 40.2 Å². The molecule has 5 nitrogen and oxygen atoms in total. The molecule has 2 rings (SSSR count). The molecule has 146 valence electrons. The summed E-state index contributed by atoms with van der Waals surface area (Å²) >= 11 is 1.82. The van der Waals surface area contributed by atoms with Gasteiger partial charge in [0.05, 0.1) is 19.1 Å². The Morgan fingerprint density at radius 1 is 1.27 bits per heavy atom. The second-order valence-corrected chi connectivity index (χ2v) is 7.08. The van der Waals surface area contributed by atoms with E-state index in [0.717, 1.165) is 50.7 Å². The molecular weight excluding hydrogens is 461 g/mol. The van der Waals surface area contributed by atoms with Crippen molar-refractivity contribution in [2.45, 2.75) is 31.6 Å². The fraction of sp³-hybridized carbons (Fsp3) is 0.579. The first-order valence-corrected chi connectivity index (χ1v) is 10.1. The van der Waals surface area contributed by atoms with Crippen LogP contribution in [0.25, 0.3) is 0 Å². The van der Waals surface area contributed by atoms with E-state index in [0.29, 0.717) is 6.61 Å².